The molecule has 2 aromatic rings. The van der Waals surface area contributed by atoms with E-state index >= 15 is 0 Å². The van der Waals surface area contributed by atoms with E-state index < -0.39 is 0 Å². The second kappa shape index (κ2) is 7.42. The molecule has 0 aliphatic carbocycles. The van der Waals surface area contributed by atoms with Gasteiger partial charge in [-0.25, -0.2) is 0 Å². The van der Waals surface area contributed by atoms with E-state index in [0.29, 0.717) is 27.3 Å². The normalized spacial score (nSPS) is 10.6. The Morgan fingerprint density at radius 3 is 2.24 bits per heavy atom. The molecule has 0 aliphatic heterocycles. The number of hydrogen-bond donors (Lipinski definition) is 1. The summed E-state index contributed by atoms with van der Waals surface area (Å²) < 4.78 is 7.21. The first-order valence-electron chi connectivity index (χ1n) is 5.82. The highest BCUT2D eigenvalue weighted by molar-refractivity contribution is 9.11. The van der Waals surface area contributed by atoms with Gasteiger partial charge in [-0.2, -0.15) is 0 Å². The molecule has 0 spiro atoms. The highest BCUT2D eigenvalue weighted by atomic mass is 79.9. The minimum Gasteiger partial charge on any atom is -0.495 e. The van der Waals surface area contributed by atoms with Gasteiger partial charge in [-0.05, 0) is 40.2 Å². The molecule has 0 amide bonds. The lowest BCUT2D eigenvalue weighted by molar-refractivity contribution is 0.407. The molecule has 0 unspecified atom stereocenters. The highest BCUT2D eigenvalue weighted by Crippen LogP contribution is 2.36. The smallest absolute Gasteiger partial charge is 0.138 e. The fourth-order valence-corrected chi connectivity index (χ4v) is 4.29. The third-order valence-corrected chi connectivity index (χ3v) is 4.61. The summed E-state index contributed by atoms with van der Waals surface area (Å²) in [5.41, 5.74) is 1.60. The Kier molecular flexibility index (Phi) is 6.09. The van der Waals surface area contributed by atoms with Crippen LogP contribution in [0.25, 0.3) is 0 Å². The van der Waals surface area contributed by atoms with Crippen LogP contribution in [0.2, 0.25) is 15.1 Å². The van der Waals surface area contributed by atoms with Gasteiger partial charge in [-0.3, -0.25) is 0 Å². The molecule has 0 aromatic heterocycles. The summed E-state index contributed by atoms with van der Waals surface area (Å²) in [7, 11) is 1.62. The third kappa shape index (κ3) is 4.20. The van der Waals surface area contributed by atoms with Crippen molar-refractivity contribution < 1.29 is 4.74 Å². The van der Waals surface area contributed by atoms with Gasteiger partial charge in [-0.1, -0.05) is 50.7 Å². The van der Waals surface area contributed by atoms with E-state index in [9.17, 15) is 0 Å². The molecule has 112 valence electrons. The van der Waals surface area contributed by atoms with Crippen LogP contribution in [0.4, 0.5) is 5.69 Å². The van der Waals surface area contributed by atoms with Crippen LogP contribution in [0.3, 0.4) is 0 Å². The predicted molar refractivity (Wildman–Crippen MR) is 97.2 cm³/mol. The molecular formula is C14H10Br2Cl3NO. The molecule has 0 saturated heterocycles. The number of benzene rings is 2. The van der Waals surface area contributed by atoms with Crippen LogP contribution in [-0.2, 0) is 6.54 Å². The Labute approximate surface area is 155 Å². The number of halogens is 5. The Morgan fingerprint density at radius 1 is 1.05 bits per heavy atom. The van der Waals surface area contributed by atoms with Gasteiger partial charge in [0.05, 0.1) is 27.3 Å². The Bertz CT molecular complexity index is 657. The lowest BCUT2D eigenvalue weighted by Gasteiger charge is -2.15. The molecule has 0 fully saturated rings. The highest BCUT2D eigenvalue weighted by Gasteiger charge is 2.12. The molecule has 7 heteroatoms. The fraction of sp³-hybridized carbons (Fsp3) is 0.143. The molecule has 2 aromatic carbocycles. The number of nitrogens with one attached hydrogen (secondary N) is 1. The first-order valence-corrected chi connectivity index (χ1v) is 8.54. The molecule has 21 heavy (non-hydrogen) atoms. The first-order chi connectivity index (χ1) is 9.92. The molecule has 0 saturated carbocycles. The minimum absolute atomic E-state index is 0.473. The van der Waals surface area contributed by atoms with Gasteiger partial charge in [0.2, 0.25) is 0 Å². The lowest BCUT2D eigenvalue weighted by Crippen LogP contribution is -2.03. The van der Waals surface area contributed by atoms with E-state index in [1.165, 1.54) is 0 Å². The average molecular weight is 474 g/mol. The molecule has 2 rings (SSSR count). The van der Waals surface area contributed by atoms with Crippen molar-refractivity contribution in [3.63, 3.8) is 0 Å². The standard InChI is InChI=1S/C14H10Br2Cl3NO/c1-21-14-7(2-8(15)3-10(14)16)6-20-13-11(18)4-9(17)5-12(13)19/h2-5,20H,6H2,1H3. The predicted octanol–water partition coefficient (Wildman–Crippen LogP) is 6.79. The van der Waals surface area contributed by atoms with Gasteiger partial charge in [0.1, 0.15) is 5.75 Å². The monoisotopic (exact) mass is 471 g/mol. The largest absolute Gasteiger partial charge is 0.495 e. The van der Waals surface area contributed by atoms with Gasteiger partial charge in [0.25, 0.3) is 0 Å². The topological polar surface area (TPSA) is 21.3 Å². The van der Waals surface area contributed by atoms with Gasteiger partial charge >= 0.3 is 0 Å². The van der Waals surface area contributed by atoms with Crippen LogP contribution in [0.1, 0.15) is 5.56 Å². The SMILES string of the molecule is COc1c(Br)cc(Br)cc1CNc1c(Cl)cc(Cl)cc1Cl. The molecular weight excluding hydrogens is 464 g/mol. The number of ether oxygens (including phenoxy) is 1. The van der Waals surface area contributed by atoms with Crippen LogP contribution in [0.15, 0.2) is 33.2 Å². The van der Waals surface area contributed by atoms with Crippen molar-refractivity contribution in [3.8, 4) is 5.75 Å². The maximum Gasteiger partial charge on any atom is 0.138 e. The molecule has 0 aliphatic rings. The maximum atomic E-state index is 6.16. The zero-order valence-electron chi connectivity index (χ0n) is 10.8. The van der Waals surface area contributed by atoms with Gasteiger partial charge in [-0.15, -0.1) is 0 Å². The Balaban J connectivity index is 2.29. The van der Waals surface area contributed by atoms with Gasteiger partial charge in [0.15, 0.2) is 0 Å². The number of anilines is 1. The molecule has 2 nitrogen and oxygen atoms in total. The Hall–Kier alpha value is -0.130. The van der Waals surface area contributed by atoms with Crippen LogP contribution in [0.5, 0.6) is 5.75 Å². The summed E-state index contributed by atoms with van der Waals surface area (Å²) in [6, 6.07) is 7.18. The lowest BCUT2D eigenvalue weighted by atomic mass is 10.2. The van der Waals surface area contributed by atoms with Crippen LogP contribution in [0, 0.1) is 0 Å². The number of methoxy groups -OCH3 is 1. The van der Waals surface area contributed by atoms with E-state index in [4.69, 9.17) is 39.5 Å². The molecule has 0 radical (unpaired) electrons. The van der Waals surface area contributed by atoms with Crippen molar-refractivity contribution in [3.05, 3.63) is 53.8 Å². The Morgan fingerprint density at radius 2 is 1.67 bits per heavy atom. The quantitative estimate of drug-likeness (QED) is 0.527. The maximum absolute atomic E-state index is 6.16. The van der Waals surface area contributed by atoms with Gasteiger partial charge in [0, 0.05) is 21.6 Å². The van der Waals surface area contributed by atoms with Crippen LogP contribution < -0.4 is 10.1 Å². The zero-order chi connectivity index (χ0) is 15.6. The summed E-state index contributed by atoms with van der Waals surface area (Å²) in [6.45, 7) is 0.502. The fourth-order valence-electron chi connectivity index (χ4n) is 1.87. The number of hydrogen-bond acceptors (Lipinski definition) is 2. The average Bonchev–Trinajstić information content (AvgIpc) is 2.36. The van der Waals surface area contributed by atoms with Crippen LogP contribution >= 0.6 is 66.7 Å². The molecule has 0 heterocycles. The molecule has 1 N–H and O–H groups in total. The summed E-state index contributed by atoms with van der Waals surface area (Å²) in [5, 5.41) is 4.65. The summed E-state index contributed by atoms with van der Waals surface area (Å²) in [5.74, 6) is 0.756. The third-order valence-electron chi connectivity index (χ3n) is 2.75. The van der Waals surface area contributed by atoms with Gasteiger partial charge < -0.3 is 10.1 Å². The van der Waals surface area contributed by atoms with E-state index in [1.54, 1.807) is 19.2 Å². The second-order valence-electron chi connectivity index (χ2n) is 4.18. The zero-order valence-corrected chi connectivity index (χ0v) is 16.3. The first kappa shape index (κ1) is 17.2. The summed E-state index contributed by atoms with van der Waals surface area (Å²) in [4.78, 5) is 0. The molecule has 0 atom stereocenters. The van der Waals surface area contributed by atoms with Crippen molar-refractivity contribution in [2.75, 3.05) is 12.4 Å². The molecule has 0 bridgehead atoms. The number of rotatable bonds is 4. The van der Waals surface area contributed by atoms with Crippen molar-refractivity contribution in [1.29, 1.82) is 0 Å². The van der Waals surface area contributed by atoms with Crippen LogP contribution in [-0.4, -0.2) is 7.11 Å². The van der Waals surface area contributed by atoms with Crippen molar-refractivity contribution in [2.45, 2.75) is 6.54 Å². The van der Waals surface area contributed by atoms with E-state index in [-0.39, 0.29) is 0 Å². The van der Waals surface area contributed by atoms with Crippen molar-refractivity contribution in [1.82, 2.24) is 0 Å². The second-order valence-corrected chi connectivity index (χ2v) is 7.20. The van der Waals surface area contributed by atoms with Crippen molar-refractivity contribution >= 4 is 72.4 Å². The van der Waals surface area contributed by atoms with E-state index in [0.717, 1.165) is 20.3 Å². The minimum atomic E-state index is 0.473. The van der Waals surface area contributed by atoms with E-state index in [1.807, 2.05) is 12.1 Å². The van der Waals surface area contributed by atoms with E-state index in [2.05, 4.69) is 37.2 Å². The summed E-state index contributed by atoms with van der Waals surface area (Å²) >= 11 is 25.1. The van der Waals surface area contributed by atoms with Crippen molar-refractivity contribution in [2.24, 2.45) is 0 Å². The summed E-state index contributed by atoms with van der Waals surface area (Å²) in [6.07, 6.45) is 0.